The van der Waals surface area contributed by atoms with Crippen LogP contribution in [0.4, 0.5) is 0 Å². The first kappa shape index (κ1) is 15.8. The van der Waals surface area contributed by atoms with Gasteiger partial charge < -0.3 is 10.4 Å². The lowest BCUT2D eigenvalue weighted by atomic mass is 10.0. The second kappa shape index (κ2) is 8.02. The van der Waals surface area contributed by atoms with E-state index in [0.717, 1.165) is 25.9 Å². The summed E-state index contributed by atoms with van der Waals surface area (Å²) in [5.74, 6) is 0.122. The van der Waals surface area contributed by atoms with Gasteiger partial charge in [-0.05, 0) is 39.1 Å². The zero-order valence-electron chi connectivity index (χ0n) is 11.7. The van der Waals surface area contributed by atoms with Crippen molar-refractivity contribution >= 4 is 17.7 Å². The molecule has 0 aromatic carbocycles. The summed E-state index contributed by atoms with van der Waals surface area (Å²) in [6.45, 7) is 6.12. The first-order valence-corrected chi connectivity index (χ1v) is 8.10. The largest absolute Gasteiger partial charge is 0.395 e. The minimum absolute atomic E-state index is 0.0122. The molecule has 1 saturated heterocycles. The molecule has 3 unspecified atom stereocenters. The number of aliphatic hydroxyl groups is 1. The summed E-state index contributed by atoms with van der Waals surface area (Å²) in [5, 5.41) is 12.4. The Balaban J connectivity index is 2.52. The monoisotopic (exact) mass is 274 g/mol. The fraction of sp³-hybridized carbons (Fsp3) is 0.923. The minimum atomic E-state index is 0.0122. The number of likely N-dealkylation sites (N-methyl/N-ethyl adjacent to an activating group) is 1. The fourth-order valence-electron chi connectivity index (χ4n) is 2.52. The second-order valence-electron chi connectivity index (χ2n) is 4.89. The van der Waals surface area contributed by atoms with Gasteiger partial charge >= 0.3 is 0 Å². The standard InChI is InChI=1S/C13H26N2O2S/c1-4-15-8-6-5-7-11(15)13(17)14-10(2)12(9-16)18-3/h10-12,16H,4-9H2,1-3H3,(H,14,17). The van der Waals surface area contributed by atoms with Gasteiger partial charge in [-0.3, -0.25) is 9.69 Å². The Morgan fingerprint density at radius 1 is 1.56 bits per heavy atom. The molecular formula is C13H26N2O2S. The third kappa shape index (κ3) is 4.14. The van der Waals surface area contributed by atoms with Gasteiger partial charge in [0, 0.05) is 11.3 Å². The van der Waals surface area contributed by atoms with Crippen molar-refractivity contribution in [3.63, 3.8) is 0 Å². The van der Waals surface area contributed by atoms with Gasteiger partial charge in [0.25, 0.3) is 0 Å². The molecule has 5 heteroatoms. The molecule has 0 radical (unpaired) electrons. The Morgan fingerprint density at radius 2 is 2.28 bits per heavy atom. The summed E-state index contributed by atoms with van der Waals surface area (Å²) >= 11 is 1.59. The molecule has 1 heterocycles. The molecule has 1 fully saturated rings. The molecule has 2 N–H and O–H groups in total. The van der Waals surface area contributed by atoms with Crippen molar-refractivity contribution in [2.24, 2.45) is 0 Å². The summed E-state index contributed by atoms with van der Waals surface area (Å²) in [6, 6.07) is 0.0329. The minimum Gasteiger partial charge on any atom is -0.395 e. The number of piperidine rings is 1. The molecule has 1 aliphatic heterocycles. The molecule has 1 rings (SSSR count). The van der Waals surface area contributed by atoms with Crippen LogP contribution in [0.25, 0.3) is 0 Å². The van der Waals surface area contributed by atoms with Gasteiger partial charge in [-0.15, -0.1) is 0 Å². The fourth-order valence-corrected chi connectivity index (χ4v) is 3.14. The predicted molar refractivity (Wildman–Crippen MR) is 76.9 cm³/mol. The highest BCUT2D eigenvalue weighted by Gasteiger charge is 2.29. The molecule has 0 aromatic rings. The Kier molecular flexibility index (Phi) is 7.04. The van der Waals surface area contributed by atoms with Crippen LogP contribution in [0.15, 0.2) is 0 Å². The zero-order chi connectivity index (χ0) is 13.5. The quantitative estimate of drug-likeness (QED) is 0.761. The maximum absolute atomic E-state index is 12.3. The van der Waals surface area contributed by atoms with Crippen molar-refractivity contribution in [1.29, 1.82) is 0 Å². The number of aliphatic hydroxyl groups excluding tert-OH is 1. The molecule has 0 saturated carbocycles. The Bertz CT molecular complexity index is 259. The Morgan fingerprint density at radius 3 is 2.83 bits per heavy atom. The third-order valence-corrected chi connectivity index (χ3v) is 4.90. The Hall–Kier alpha value is -0.260. The Labute approximate surface area is 115 Å². The van der Waals surface area contributed by atoms with Crippen molar-refractivity contribution < 1.29 is 9.90 Å². The van der Waals surface area contributed by atoms with Gasteiger partial charge in [0.15, 0.2) is 0 Å². The summed E-state index contributed by atoms with van der Waals surface area (Å²) < 4.78 is 0. The SMILES string of the molecule is CCN1CCCCC1C(=O)NC(C)C(CO)SC. The van der Waals surface area contributed by atoms with E-state index in [-0.39, 0.29) is 29.8 Å². The number of hydrogen-bond acceptors (Lipinski definition) is 4. The van der Waals surface area contributed by atoms with Crippen LogP contribution in [0.1, 0.15) is 33.1 Å². The molecule has 3 atom stereocenters. The molecule has 0 aliphatic carbocycles. The lowest BCUT2D eigenvalue weighted by Crippen LogP contribution is -2.53. The van der Waals surface area contributed by atoms with E-state index in [1.165, 1.54) is 6.42 Å². The highest BCUT2D eigenvalue weighted by molar-refractivity contribution is 7.99. The van der Waals surface area contributed by atoms with E-state index in [9.17, 15) is 9.90 Å². The number of nitrogens with zero attached hydrogens (tertiary/aromatic N) is 1. The van der Waals surface area contributed by atoms with E-state index in [1.54, 1.807) is 11.8 Å². The average molecular weight is 274 g/mol. The van der Waals surface area contributed by atoms with E-state index >= 15 is 0 Å². The summed E-state index contributed by atoms with van der Waals surface area (Å²) in [5.41, 5.74) is 0. The van der Waals surface area contributed by atoms with Crippen molar-refractivity contribution in [3.8, 4) is 0 Å². The number of carbonyl (C=O) groups excluding carboxylic acids is 1. The van der Waals surface area contributed by atoms with Crippen molar-refractivity contribution in [3.05, 3.63) is 0 Å². The molecule has 1 aliphatic rings. The summed E-state index contributed by atoms with van der Waals surface area (Å²) in [7, 11) is 0. The average Bonchev–Trinajstić information content (AvgIpc) is 2.40. The topological polar surface area (TPSA) is 52.6 Å². The van der Waals surface area contributed by atoms with E-state index < -0.39 is 0 Å². The summed E-state index contributed by atoms with van der Waals surface area (Å²) in [4.78, 5) is 14.5. The molecule has 0 aromatic heterocycles. The summed E-state index contributed by atoms with van der Waals surface area (Å²) in [6.07, 6.45) is 5.24. The van der Waals surface area contributed by atoms with Crippen molar-refractivity contribution in [2.75, 3.05) is 26.0 Å². The first-order chi connectivity index (χ1) is 8.63. The van der Waals surface area contributed by atoms with Crippen LogP contribution >= 0.6 is 11.8 Å². The lowest BCUT2D eigenvalue weighted by Gasteiger charge is -2.35. The van der Waals surface area contributed by atoms with Crippen LogP contribution in [-0.2, 0) is 4.79 Å². The molecule has 0 spiro atoms. The number of rotatable bonds is 6. The molecule has 0 bridgehead atoms. The van der Waals surface area contributed by atoms with Gasteiger partial charge in [0.05, 0.1) is 12.6 Å². The number of likely N-dealkylation sites (tertiary alicyclic amines) is 1. The van der Waals surface area contributed by atoms with E-state index in [2.05, 4.69) is 17.1 Å². The van der Waals surface area contributed by atoms with E-state index in [1.807, 2.05) is 13.2 Å². The van der Waals surface area contributed by atoms with Crippen molar-refractivity contribution in [1.82, 2.24) is 10.2 Å². The van der Waals surface area contributed by atoms with E-state index in [4.69, 9.17) is 0 Å². The smallest absolute Gasteiger partial charge is 0.237 e. The van der Waals surface area contributed by atoms with Gasteiger partial charge in [0.1, 0.15) is 0 Å². The van der Waals surface area contributed by atoms with Gasteiger partial charge in [0.2, 0.25) is 5.91 Å². The van der Waals surface area contributed by atoms with E-state index in [0.29, 0.717) is 0 Å². The van der Waals surface area contributed by atoms with Crippen LogP contribution in [0, 0.1) is 0 Å². The maximum Gasteiger partial charge on any atom is 0.237 e. The van der Waals surface area contributed by atoms with Crippen LogP contribution in [0.3, 0.4) is 0 Å². The molecule has 1 amide bonds. The third-order valence-electron chi connectivity index (χ3n) is 3.73. The van der Waals surface area contributed by atoms with Gasteiger partial charge in [-0.25, -0.2) is 0 Å². The predicted octanol–water partition coefficient (Wildman–Crippen LogP) is 1.09. The normalized spacial score (nSPS) is 24.6. The second-order valence-corrected chi connectivity index (χ2v) is 5.97. The first-order valence-electron chi connectivity index (χ1n) is 6.82. The number of thioether (sulfide) groups is 1. The van der Waals surface area contributed by atoms with Crippen LogP contribution in [0.2, 0.25) is 0 Å². The highest BCUT2D eigenvalue weighted by atomic mass is 32.2. The van der Waals surface area contributed by atoms with Crippen LogP contribution in [0.5, 0.6) is 0 Å². The van der Waals surface area contributed by atoms with Crippen LogP contribution < -0.4 is 5.32 Å². The van der Waals surface area contributed by atoms with Crippen molar-refractivity contribution in [2.45, 2.75) is 50.4 Å². The molecule has 106 valence electrons. The number of amides is 1. The molecule has 4 nitrogen and oxygen atoms in total. The maximum atomic E-state index is 12.3. The zero-order valence-corrected chi connectivity index (χ0v) is 12.5. The van der Waals surface area contributed by atoms with Gasteiger partial charge in [-0.2, -0.15) is 11.8 Å². The van der Waals surface area contributed by atoms with Gasteiger partial charge in [-0.1, -0.05) is 13.3 Å². The highest BCUT2D eigenvalue weighted by Crippen LogP contribution is 2.17. The number of hydrogen-bond donors (Lipinski definition) is 2. The number of nitrogens with one attached hydrogen (secondary N) is 1. The lowest BCUT2D eigenvalue weighted by molar-refractivity contribution is -0.128. The van der Waals surface area contributed by atoms with Crippen LogP contribution in [-0.4, -0.2) is 59.2 Å². The molecule has 18 heavy (non-hydrogen) atoms. The number of carbonyl (C=O) groups is 1. The molecular weight excluding hydrogens is 248 g/mol.